The molecule has 18 heavy (non-hydrogen) atoms. The summed E-state index contributed by atoms with van der Waals surface area (Å²) >= 11 is 0. The molecule has 2 amide bonds. The third-order valence-electron chi connectivity index (χ3n) is 3.70. The number of nitrogens with one attached hydrogen (secondary N) is 1. The number of hydrogen-bond donors (Lipinski definition) is 3. The highest BCUT2D eigenvalue weighted by Gasteiger charge is 2.38. The molecule has 1 heterocycles. The molecule has 3 N–H and O–H groups in total. The molecule has 0 aromatic heterocycles. The van der Waals surface area contributed by atoms with Crippen molar-refractivity contribution in [2.75, 3.05) is 19.7 Å². The van der Waals surface area contributed by atoms with E-state index in [4.69, 9.17) is 10.2 Å². The maximum absolute atomic E-state index is 12.0. The van der Waals surface area contributed by atoms with Gasteiger partial charge in [-0.25, -0.2) is 9.59 Å². The monoisotopic (exact) mass is 256 g/mol. The molecule has 102 valence electrons. The first-order valence-electron chi connectivity index (χ1n) is 6.51. The zero-order valence-corrected chi connectivity index (χ0v) is 10.3. The molecule has 6 heteroatoms. The van der Waals surface area contributed by atoms with E-state index in [9.17, 15) is 9.59 Å². The van der Waals surface area contributed by atoms with Crippen molar-refractivity contribution in [1.29, 1.82) is 0 Å². The number of aliphatic hydroxyl groups excluding tert-OH is 1. The number of urea groups is 1. The van der Waals surface area contributed by atoms with Crippen molar-refractivity contribution in [1.82, 2.24) is 10.2 Å². The number of carbonyl (C=O) groups is 2. The minimum atomic E-state index is -0.957. The Morgan fingerprint density at radius 2 is 2.06 bits per heavy atom. The summed E-state index contributed by atoms with van der Waals surface area (Å²) in [7, 11) is 0. The highest BCUT2D eigenvalue weighted by Crippen LogP contribution is 2.32. The van der Waals surface area contributed by atoms with Gasteiger partial charge in [0.15, 0.2) is 0 Å². The normalized spacial score (nSPS) is 25.6. The van der Waals surface area contributed by atoms with Crippen LogP contribution in [-0.4, -0.2) is 52.9 Å². The van der Waals surface area contributed by atoms with Gasteiger partial charge in [0.1, 0.15) is 6.04 Å². The molecule has 1 aliphatic carbocycles. The summed E-state index contributed by atoms with van der Waals surface area (Å²) in [5.74, 6) is -0.750. The molecule has 1 saturated carbocycles. The molecular weight excluding hydrogens is 236 g/mol. The number of carbonyl (C=O) groups excluding carboxylic acids is 1. The zero-order chi connectivity index (χ0) is 13.1. The summed E-state index contributed by atoms with van der Waals surface area (Å²) in [4.78, 5) is 24.6. The third-order valence-corrected chi connectivity index (χ3v) is 3.70. The second-order valence-corrected chi connectivity index (χ2v) is 5.24. The average molecular weight is 256 g/mol. The van der Waals surface area contributed by atoms with Crippen LogP contribution in [-0.2, 0) is 4.79 Å². The minimum Gasteiger partial charge on any atom is -0.480 e. The highest BCUT2D eigenvalue weighted by molar-refractivity contribution is 5.83. The maximum atomic E-state index is 12.0. The van der Waals surface area contributed by atoms with Crippen molar-refractivity contribution < 1.29 is 19.8 Å². The van der Waals surface area contributed by atoms with Crippen LogP contribution >= 0.6 is 0 Å². The number of likely N-dealkylation sites (tertiary alicyclic amines) is 1. The van der Waals surface area contributed by atoms with Crippen molar-refractivity contribution in [2.24, 2.45) is 11.8 Å². The lowest BCUT2D eigenvalue weighted by molar-refractivity contribution is -0.139. The molecule has 0 bridgehead atoms. The fourth-order valence-electron chi connectivity index (χ4n) is 2.43. The Bertz CT molecular complexity index is 330. The van der Waals surface area contributed by atoms with Crippen molar-refractivity contribution >= 4 is 12.0 Å². The molecule has 1 saturated heterocycles. The second kappa shape index (κ2) is 5.56. The van der Waals surface area contributed by atoms with E-state index in [1.165, 1.54) is 0 Å². The molecule has 2 atom stereocenters. The first-order chi connectivity index (χ1) is 8.61. The predicted molar refractivity (Wildman–Crippen MR) is 64.1 cm³/mol. The lowest BCUT2D eigenvalue weighted by Gasteiger charge is -2.32. The summed E-state index contributed by atoms with van der Waals surface area (Å²) in [6.45, 7) is 1.23. The first kappa shape index (κ1) is 13.1. The van der Waals surface area contributed by atoms with E-state index in [0.717, 1.165) is 25.7 Å². The van der Waals surface area contributed by atoms with Crippen LogP contribution in [0.4, 0.5) is 4.79 Å². The number of carboxylic acids is 1. The number of hydrogen-bond acceptors (Lipinski definition) is 3. The van der Waals surface area contributed by atoms with Crippen LogP contribution in [0.15, 0.2) is 0 Å². The van der Waals surface area contributed by atoms with Gasteiger partial charge < -0.3 is 20.4 Å². The maximum Gasteiger partial charge on any atom is 0.326 e. The van der Waals surface area contributed by atoms with Gasteiger partial charge in [-0.05, 0) is 37.5 Å². The fraction of sp³-hybridized carbons (Fsp3) is 0.833. The summed E-state index contributed by atoms with van der Waals surface area (Å²) in [6, 6.07) is -1.07. The smallest absolute Gasteiger partial charge is 0.326 e. The molecule has 2 unspecified atom stereocenters. The predicted octanol–water partition coefficient (Wildman–Crippen LogP) is 0.263. The van der Waals surface area contributed by atoms with Crippen LogP contribution in [0.5, 0.6) is 0 Å². The SMILES string of the molecule is O=C(O)C(NC(=O)N1CCCC(CO)C1)C1CC1. The van der Waals surface area contributed by atoms with Gasteiger partial charge in [0, 0.05) is 19.7 Å². The largest absolute Gasteiger partial charge is 0.480 e. The topological polar surface area (TPSA) is 89.9 Å². The number of aliphatic hydroxyl groups is 1. The lowest BCUT2D eigenvalue weighted by atomic mass is 9.99. The Morgan fingerprint density at radius 3 is 2.61 bits per heavy atom. The van der Waals surface area contributed by atoms with Crippen molar-refractivity contribution in [3.05, 3.63) is 0 Å². The van der Waals surface area contributed by atoms with E-state index in [1.807, 2.05) is 0 Å². The first-order valence-corrected chi connectivity index (χ1v) is 6.51. The summed E-state index contributed by atoms with van der Waals surface area (Å²) in [5, 5.41) is 20.8. The van der Waals surface area contributed by atoms with Gasteiger partial charge >= 0.3 is 12.0 Å². The molecule has 1 aliphatic heterocycles. The van der Waals surface area contributed by atoms with E-state index in [2.05, 4.69) is 5.32 Å². The number of carboxylic acid groups (broad SMARTS) is 1. The van der Waals surface area contributed by atoms with Gasteiger partial charge in [0.25, 0.3) is 0 Å². The van der Waals surface area contributed by atoms with Gasteiger partial charge in [0.2, 0.25) is 0 Å². The Hall–Kier alpha value is -1.30. The van der Waals surface area contributed by atoms with Gasteiger partial charge in [-0.15, -0.1) is 0 Å². The van der Waals surface area contributed by atoms with E-state index in [0.29, 0.717) is 13.1 Å². The summed E-state index contributed by atoms with van der Waals surface area (Å²) in [5.41, 5.74) is 0. The van der Waals surface area contributed by atoms with Gasteiger partial charge in [-0.2, -0.15) is 0 Å². The van der Waals surface area contributed by atoms with E-state index < -0.39 is 12.0 Å². The lowest BCUT2D eigenvalue weighted by Crippen LogP contribution is -2.51. The molecule has 0 aromatic carbocycles. The molecule has 0 radical (unpaired) electrons. The fourth-order valence-corrected chi connectivity index (χ4v) is 2.43. The Morgan fingerprint density at radius 1 is 1.33 bits per heavy atom. The van der Waals surface area contributed by atoms with Crippen LogP contribution in [0, 0.1) is 11.8 Å². The van der Waals surface area contributed by atoms with Crippen molar-refractivity contribution in [2.45, 2.75) is 31.7 Å². The molecule has 2 fully saturated rings. The van der Waals surface area contributed by atoms with Crippen LogP contribution < -0.4 is 5.32 Å². The Balaban J connectivity index is 1.88. The molecule has 0 aromatic rings. The summed E-state index contributed by atoms with van der Waals surface area (Å²) < 4.78 is 0. The quantitative estimate of drug-likeness (QED) is 0.673. The average Bonchev–Trinajstić information content (AvgIpc) is 3.19. The van der Waals surface area contributed by atoms with Crippen molar-refractivity contribution in [3.63, 3.8) is 0 Å². The van der Waals surface area contributed by atoms with Gasteiger partial charge in [-0.3, -0.25) is 0 Å². The molecular formula is C12H20N2O4. The van der Waals surface area contributed by atoms with Gasteiger partial charge in [-0.1, -0.05) is 0 Å². The number of rotatable bonds is 4. The van der Waals surface area contributed by atoms with Crippen LogP contribution in [0.3, 0.4) is 0 Å². The zero-order valence-electron chi connectivity index (χ0n) is 10.3. The van der Waals surface area contributed by atoms with Gasteiger partial charge in [0.05, 0.1) is 0 Å². The van der Waals surface area contributed by atoms with E-state index in [1.54, 1.807) is 4.90 Å². The van der Waals surface area contributed by atoms with Crippen LogP contribution in [0.2, 0.25) is 0 Å². The second-order valence-electron chi connectivity index (χ2n) is 5.24. The van der Waals surface area contributed by atoms with Crippen LogP contribution in [0.25, 0.3) is 0 Å². The molecule has 2 rings (SSSR count). The number of piperidine rings is 1. The van der Waals surface area contributed by atoms with E-state index in [-0.39, 0.29) is 24.5 Å². The molecule has 0 spiro atoms. The molecule has 6 nitrogen and oxygen atoms in total. The molecule has 2 aliphatic rings. The standard InChI is InChI=1S/C12H20N2O4/c15-7-8-2-1-5-14(6-8)12(18)13-10(11(16)17)9-3-4-9/h8-10,15H,1-7H2,(H,13,18)(H,16,17). The Labute approximate surface area is 106 Å². The van der Waals surface area contributed by atoms with Crippen LogP contribution in [0.1, 0.15) is 25.7 Å². The van der Waals surface area contributed by atoms with Crippen molar-refractivity contribution in [3.8, 4) is 0 Å². The Kier molecular flexibility index (Phi) is 4.06. The minimum absolute atomic E-state index is 0.0781. The number of nitrogens with zero attached hydrogens (tertiary/aromatic N) is 1. The number of aliphatic carboxylic acids is 1. The summed E-state index contributed by atoms with van der Waals surface area (Å²) in [6.07, 6.45) is 3.53. The van der Waals surface area contributed by atoms with E-state index >= 15 is 0 Å². The number of amides is 2. The third kappa shape index (κ3) is 3.13. The highest BCUT2D eigenvalue weighted by atomic mass is 16.4.